The molecule has 1 aliphatic rings. The number of alkyl halides is 3. The first-order chi connectivity index (χ1) is 14.0. The molecule has 0 saturated heterocycles. The van der Waals surface area contributed by atoms with E-state index in [9.17, 15) is 27.6 Å². The molecule has 2 heterocycles. The van der Waals surface area contributed by atoms with Crippen molar-refractivity contribution in [2.45, 2.75) is 38.6 Å². The van der Waals surface area contributed by atoms with Gasteiger partial charge >= 0.3 is 18.0 Å². The van der Waals surface area contributed by atoms with Crippen molar-refractivity contribution in [1.29, 1.82) is 0 Å². The minimum absolute atomic E-state index is 0.0384. The minimum atomic E-state index is -4.85. The fourth-order valence-electron chi connectivity index (χ4n) is 3.15. The number of fused-ring (bicyclic) bond motifs is 1. The fourth-order valence-corrected chi connectivity index (χ4v) is 3.15. The Kier molecular flexibility index (Phi) is 5.64. The van der Waals surface area contributed by atoms with Gasteiger partial charge in [0.15, 0.2) is 0 Å². The fraction of sp³-hybridized carbons (Fsp3) is 0.421. The van der Waals surface area contributed by atoms with Crippen molar-refractivity contribution in [3.63, 3.8) is 0 Å². The summed E-state index contributed by atoms with van der Waals surface area (Å²) in [7, 11) is 0.935. The van der Waals surface area contributed by atoms with E-state index in [2.05, 4.69) is 5.32 Å². The number of hydrogen-bond donors (Lipinski definition) is 1. The van der Waals surface area contributed by atoms with Crippen LogP contribution in [-0.4, -0.2) is 27.9 Å². The quantitative estimate of drug-likeness (QED) is 0.813. The van der Waals surface area contributed by atoms with Crippen LogP contribution in [0.4, 0.5) is 18.0 Å². The maximum absolute atomic E-state index is 13.1. The number of benzene rings is 1. The van der Waals surface area contributed by atoms with Crippen molar-refractivity contribution >= 4 is 6.09 Å². The highest BCUT2D eigenvalue weighted by Crippen LogP contribution is 2.35. The van der Waals surface area contributed by atoms with Gasteiger partial charge in [0, 0.05) is 31.1 Å². The van der Waals surface area contributed by atoms with Gasteiger partial charge in [0.2, 0.25) is 0 Å². The standard InChI is InChI=1S/C19H20F3N3O5/c1-10(2)23-17(27)30-14-6-7-29-13-5-4-11(8-12(13)14)25-16(26)9-15(19(20,21)22)24(3)18(25)28/h4-5,8-10,14H,6-7H2,1-3H3,(H,23,27). The second-order valence-electron chi connectivity index (χ2n) is 7.09. The summed E-state index contributed by atoms with van der Waals surface area (Å²) in [6, 6.07) is 4.48. The van der Waals surface area contributed by atoms with Gasteiger partial charge in [-0.1, -0.05) is 0 Å². The van der Waals surface area contributed by atoms with Crippen molar-refractivity contribution in [2.24, 2.45) is 7.05 Å². The summed E-state index contributed by atoms with van der Waals surface area (Å²) in [6.45, 7) is 3.82. The molecule has 1 aliphatic heterocycles. The number of rotatable bonds is 3. The minimum Gasteiger partial charge on any atom is -0.493 e. The Morgan fingerprint density at radius 1 is 1.27 bits per heavy atom. The van der Waals surface area contributed by atoms with Gasteiger partial charge in [-0.05, 0) is 32.0 Å². The van der Waals surface area contributed by atoms with E-state index in [4.69, 9.17) is 9.47 Å². The topological polar surface area (TPSA) is 91.6 Å². The molecular formula is C19H20F3N3O5. The number of aromatic nitrogens is 2. The average molecular weight is 427 g/mol. The molecule has 8 nitrogen and oxygen atoms in total. The van der Waals surface area contributed by atoms with E-state index in [-0.39, 0.29) is 18.3 Å². The van der Waals surface area contributed by atoms with Crippen molar-refractivity contribution < 1.29 is 27.4 Å². The number of nitrogens with zero attached hydrogens (tertiary/aromatic N) is 2. The second kappa shape index (κ2) is 7.88. The third kappa shape index (κ3) is 4.19. The lowest BCUT2D eigenvalue weighted by atomic mass is 10.0. The Labute approximate surface area is 168 Å². The molecule has 30 heavy (non-hydrogen) atoms. The van der Waals surface area contributed by atoms with Crippen LogP contribution < -0.4 is 21.3 Å². The van der Waals surface area contributed by atoms with Crippen LogP contribution in [0.15, 0.2) is 33.9 Å². The molecular weight excluding hydrogens is 407 g/mol. The number of halogens is 3. The summed E-state index contributed by atoms with van der Waals surface area (Å²) >= 11 is 0. The van der Waals surface area contributed by atoms with E-state index in [0.717, 1.165) is 7.05 Å². The second-order valence-corrected chi connectivity index (χ2v) is 7.09. The van der Waals surface area contributed by atoms with Crippen LogP contribution in [0.5, 0.6) is 5.75 Å². The van der Waals surface area contributed by atoms with Gasteiger partial charge in [0.1, 0.15) is 17.5 Å². The summed E-state index contributed by atoms with van der Waals surface area (Å²) in [6.07, 6.45) is -5.86. The molecule has 1 aromatic heterocycles. The highest BCUT2D eigenvalue weighted by atomic mass is 19.4. The molecule has 1 aromatic carbocycles. The molecule has 0 bridgehead atoms. The number of carbonyl (C=O) groups excluding carboxylic acids is 1. The molecule has 1 N–H and O–H groups in total. The van der Waals surface area contributed by atoms with Crippen LogP contribution in [0.3, 0.4) is 0 Å². The lowest BCUT2D eigenvalue weighted by Gasteiger charge is -2.27. The predicted octanol–water partition coefficient (Wildman–Crippen LogP) is 2.51. The van der Waals surface area contributed by atoms with Gasteiger partial charge in [-0.15, -0.1) is 0 Å². The van der Waals surface area contributed by atoms with E-state index >= 15 is 0 Å². The number of alkyl carbamates (subject to hydrolysis) is 1. The first kappa shape index (κ1) is 21.5. The Bertz CT molecular complexity index is 1090. The van der Waals surface area contributed by atoms with Gasteiger partial charge in [0.25, 0.3) is 5.56 Å². The number of carbonyl (C=O) groups is 1. The van der Waals surface area contributed by atoms with Crippen LogP contribution in [0.25, 0.3) is 5.69 Å². The zero-order valence-corrected chi connectivity index (χ0v) is 16.4. The van der Waals surface area contributed by atoms with Crippen molar-refractivity contribution in [1.82, 2.24) is 14.5 Å². The molecule has 162 valence electrons. The number of hydrogen-bond acceptors (Lipinski definition) is 5. The molecule has 3 rings (SSSR count). The molecule has 11 heteroatoms. The maximum Gasteiger partial charge on any atom is 0.431 e. The van der Waals surface area contributed by atoms with Gasteiger partial charge in [-0.25, -0.2) is 14.2 Å². The van der Waals surface area contributed by atoms with E-state index in [1.54, 1.807) is 13.8 Å². The normalized spacial score (nSPS) is 16.0. The van der Waals surface area contributed by atoms with Crippen molar-refractivity contribution in [3.05, 3.63) is 56.4 Å². The van der Waals surface area contributed by atoms with Gasteiger partial charge in [-0.2, -0.15) is 13.2 Å². The lowest BCUT2D eigenvalue weighted by molar-refractivity contribution is -0.144. The molecule has 0 spiro atoms. The Morgan fingerprint density at radius 2 is 1.97 bits per heavy atom. The first-order valence-electron chi connectivity index (χ1n) is 9.13. The van der Waals surface area contributed by atoms with Crippen LogP contribution in [0, 0.1) is 0 Å². The molecule has 1 unspecified atom stereocenters. The van der Waals surface area contributed by atoms with Crippen molar-refractivity contribution in [3.8, 4) is 11.4 Å². The lowest BCUT2D eigenvalue weighted by Crippen LogP contribution is -2.40. The SMILES string of the molecule is CC(C)NC(=O)OC1CCOc2ccc(-n3c(=O)cc(C(F)(F)F)n(C)c3=O)cc21. The van der Waals surface area contributed by atoms with Crippen LogP contribution in [0.1, 0.15) is 37.6 Å². The van der Waals surface area contributed by atoms with E-state index < -0.39 is 35.3 Å². The predicted molar refractivity (Wildman–Crippen MR) is 99.9 cm³/mol. The number of amides is 1. The van der Waals surface area contributed by atoms with Gasteiger partial charge in [0.05, 0.1) is 12.3 Å². The summed E-state index contributed by atoms with van der Waals surface area (Å²) < 4.78 is 51.1. The monoisotopic (exact) mass is 427 g/mol. The number of ether oxygens (including phenoxy) is 2. The Hall–Kier alpha value is -3.24. The summed E-state index contributed by atoms with van der Waals surface area (Å²) in [4.78, 5) is 36.8. The summed E-state index contributed by atoms with van der Waals surface area (Å²) in [5, 5.41) is 2.60. The summed E-state index contributed by atoms with van der Waals surface area (Å²) in [5.74, 6) is 0.393. The van der Waals surface area contributed by atoms with E-state index in [1.807, 2.05) is 0 Å². The highest BCUT2D eigenvalue weighted by molar-refractivity contribution is 5.68. The van der Waals surface area contributed by atoms with Crippen LogP contribution >= 0.6 is 0 Å². The number of nitrogens with one attached hydrogen (secondary N) is 1. The molecule has 0 fully saturated rings. The zero-order chi connectivity index (χ0) is 22.2. The highest BCUT2D eigenvalue weighted by Gasteiger charge is 2.35. The average Bonchev–Trinajstić information content (AvgIpc) is 2.63. The Balaban J connectivity index is 2.05. The third-order valence-electron chi connectivity index (χ3n) is 4.50. The smallest absolute Gasteiger partial charge is 0.431 e. The van der Waals surface area contributed by atoms with Crippen LogP contribution in [-0.2, 0) is 18.0 Å². The summed E-state index contributed by atoms with van der Waals surface area (Å²) in [5.41, 5.74) is -3.18. The molecule has 1 amide bonds. The van der Waals surface area contributed by atoms with E-state index in [1.165, 1.54) is 18.2 Å². The first-order valence-corrected chi connectivity index (χ1v) is 9.13. The maximum atomic E-state index is 13.1. The third-order valence-corrected chi connectivity index (χ3v) is 4.50. The molecule has 0 radical (unpaired) electrons. The molecule has 0 aliphatic carbocycles. The molecule has 1 atom stereocenters. The largest absolute Gasteiger partial charge is 0.493 e. The molecule has 0 saturated carbocycles. The molecule has 2 aromatic rings. The van der Waals surface area contributed by atoms with Gasteiger partial charge < -0.3 is 14.8 Å². The zero-order valence-electron chi connectivity index (χ0n) is 16.4. The van der Waals surface area contributed by atoms with Crippen LogP contribution in [0.2, 0.25) is 0 Å². The Morgan fingerprint density at radius 3 is 2.60 bits per heavy atom. The van der Waals surface area contributed by atoms with Crippen molar-refractivity contribution in [2.75, 3.05) is 6.61 Å². The van der Waals surface area contributed by atoms with Gasteiger partial charge in [-0.3, -0.25) is 9.36 Å². The van der Waals surface area contributed by atoms with E-state index in [0.29, 0.717) is 32.9 Å².